The second-order valence-corrected chi connectivity index (χ2v) is 6.17. The molecule has 2 unspecified atom stereocenters. The second kappa shape index (κ2) is 4.27. The first-order chi connectivity index (χ1) is 8.68. The fourth-order valence-electron chi connectivity index (χ4n) is 3.50. The molecule has 0 aromatic heterocycles. The Morgan fingerprint density at radius 3 is 2.83 bits per heavy atom. The van der Waals surface area contributed by atoms with Gasteiger partial charge in [0.05, 0.1) is 12.2 Å². The quantitative estimate of drug-likeness (QED) is 0.857. The molecule has 2 atom stereocenters. The molecule has 18 heavy (non-hydrogen) atoms. The van der Waals surface area contributed by atoms with Gasteiger partial charge in [0.2, 0.25) is 0 Å². The third kappa shape index (κ3) is 1.83. The first-order valence-corrected chi connectivity index (χ1v) is 7.15. The molecular formula is C16H23NO. The molecule has 2 nitrogen and oxygen atoms in total. The molecule has 1 aromatic carbocycles. The SMILES string of the molecule is CCCC1(C)CCC2(CNc3ccccc32)CO1. The number of rotatable bonds is 2. The highest BCUT2D eigenvalue weighted by Gasteiger charge is 2.45. The topological polar surface area (TPSA) is 21.3 Å². The van der Waals surface area contributed by atoms with Crippen LogP contribution in [0.15, 0.2) is 24.3 Å². The Hall–Kier alpha value is -1.02. The summed E-state index contributed by atoms with van der Waals surface area (Å²) in [5, 5.41) is 3.54. The fraction of sp³-hybridized carbons (Fsp3) is 0.625. The van der Waals surface area contributed by atoms with E-state index in [1.807, 2.05) is 0 Å². The highest BCUT2D eigenvalue weighted by molar-refractivity contribution is 5.60. The molecule has 0 bridgehead atoms. The van der Waals surface area contributed by atoms with E-state index >= 15 is 0 Å². The van der Waals surface area contributed by atoms with E-state index in [9.17, 15) is 0 Å². The maximum absolute atomic E-state index is 6.26. The van der Waals surface area contributed by atoms with Gasteiger partial charge in [-0.25, -0.2) is 0 Å². The zero-order valence-electron chi connectivity index (χ0n) is 11.5. The summed E-state index contributed by atoms with van der Waals surface area (Å²) in [7, 11) is 0. The Labute approximate surface area is 110 Å². The highest BCUT2D eigenvalue weighted by atomic mass is 16.5. The van der Waals surface area contributed by atoms with Crippen LogP contribution in [0.2, 0.25) is 0 Å². The summed E-state index contributed by atoms with van der Waals surface area (Å²) in [5.74, 6) is 0. The largest absolute Gasteiger partial charge is 0.384 e. The Kier molecular flexibility index (Phi) is 2.86. The van der Waals surface area contributed by atoms with E-state index < -0.39 is 0 Å². The van der Waals surface area contributed by atoms with Crippen LogP contribution in [0.5, 0.6) is 0 Å². The predicted molar refractivity (Wildman–Crippen MR) is 75.1 cm³/mol. The standard InChI is InChI=1S/C16H23NO/c1-3-8-15(2)9-10-16(12-18-15)11-17-14-7-5-4-6-13(14)16/h4-7,17H,3,8-12H2,1-2H3. The smallest absolute Gasteiger partial charge is 0.0655 e. The summed E-state index contributed by atoms with van der Waals surface area (Å²) in [6, 6.07) is 8.70. The maximum Gasteiger partial charge on any atom is 0.0655 e. The zero-order valence-corrected chi connectivity index (χ0v) is 11.5. The first kappa shape index (κ1) is 12.0. The second-order valence-electron chi connectivity index (χ2n) is 6.17. The minimum absolute atomic E-state index is 0.109. The summed E-state index contributed by atoms with van der Waals surface area (Å²) in [6.45, 7) is 6.42. The van der Waals surface area contributed by atoms with Crippen molar-refractivity contribution in [3.63, 3.8) is 0 Å². The van der Waals surface area contributed by atoms with Crippen LogP contribution in [-0.4, -0.2) is 18.8 Å². The average molecular weight is 245 g/mol. The van der Waals surface area contributed by atoms with Gasteiger partial charge in [0.15, 0.2) is 0 Å². The maximum atomic E-state index is 6.26. The van der Waals surface area contributed by atoms with Crippen LogP contribution >= 0.6 is 0 Å². The Balaban J connectivity index is 1.81. The van der Waals surface area contributed by atoms with Crippen LogP contribution in [0.4, 0.5) is 5.69 Å². The van der Waals surface area contributed by atoms with Crippen LogP contribution in [0, 0.1) is 0 Å². The molecule has 2 heteroatoms. The molecule has 2 aliphatic heterocycles. The van der Waals surface area contributed by atoms with Gasteiger partial charge in [-0.05, 0) is 37.8 Å². The number of hydrogen-bond donors (Lipinski definition) is 1. The third-order valence-electron chi connectivity index (χ3n) is 4.72. The number of ether oxygens (including phenoxy) is 1. The van der Waals surface area contributed by atoms with Crippen LogP contribution in [0.25, 0.3) is 0 Å². The molecule has 0 radical (unpaired) electrons. The van der Waals surface area contributed by atoms with Crippen molar-refractivity contribution in [2.24, 2.45) is 0 Å². The van der Waals surface area contributed by atoms with Gasteiger partial charge < -0.3 is 10.1 Å². The van der Waals surface area contributed by atoms with Gasteiger partial charge in [0.1, 0.15) is 0 Å². The van der Waals surface area contributed by atoms with E-state index in [1.165, 1.54) is 36.9 Å². The number of benzene rings is 1. The summed E-state index contributed by atoms with van der Waals surface area (Å²) >= 11 is 0. The monoisotopic (exact) mass is 245 g/mol. The van der Waals surface area contributed by atoms with E-state index in [4.69, 9.17) is 4.74 Å². The van der Waals surface area contributed by atoms with Crippen molar-refractivity contribution in [3.8, 4) is 0 Å². The first-order valence-electron chi connectivity index (χ1n) is 7.15. The number of para-hydroxylation sites is 1. The molecule has 2 heterocycles. The fourth-order valence-corrected chi connectivity index (χ4v) is 3.50. The Bertz CT molecular complexity index is 432. The molecule has 1 spiro atoms. The number of hydrogen-bond acceptors (Lipinski definition) is 2. The molecule has 0 amide bonds. The van der Waals surface area contributed by atoms with Gasteiger partial charge in [-0.3, -0.25) is 0 Å². The molecule has 1 saturated heterocycles. The molecule has 0 aliphatic carbocycles. The number of anilines is 1. The van der Waals surface area contributed by atoms with Gasteiger partial charge in [0, 0.05) is 17.6 Å². The summed E-state index contributed by atoms with van der Waals surface area (Å²) in [6.07, 6.45) is 4.81. The van der Waals surface area contributed by atoms with Crippen molar-refractivity contribution < 1.29 is 4.74 Å². The molecule has 3 rings (SSSR count). The van der Waals surface area contributed by atoms with Crippen LogP contribution in [-0.2, 0) is 10.2 Å². The van der Waals surface area contributed by atoms with E-state index in [2.05, 4.69) is 43.4 Å². The van der Waals surface area contributed by atoms with E-state index in [-0.39, 0.29) is 11.0 Å². The Morgan fingerprint density at radius 2 is 2.11 bits per heavy atom. The van der Waals surface area contributed by atoms with Crippen molar-refractivity contribution in [2.75, 3.05) is 18.5 Å². The molecule has 1 fully saturated rings. The summed E-state index contributed by atoms with van der Waals surface area (Å²) < 4.78 is 6.26. The molecule has 1 N–H and O–H groups in total. The third-order valence-corrected chi connectivity index (χ3v) is 4.72. The summed E-state index contributed by atoms with van der Waals surface area (Å²) in [5.41, 5.74) is 3.10. The normalized spacial score (nSPS) is 34.3. The van der Waals surface area contributed by atoms with Gasteiger partial charge in [-0.15, -0.1) is 0 Å². The van der Waals surface area contributed by atoms with Gasteiger partial charge in [-0.1, -0.05) is 31.5 Å². The molecule has 1 aromatic rings. The van der Waals surface area contributed by atoms with Crippen molar-refractivity contribution >= 4 is 5.69 Å². The lowest BCUT2D eigenvalue weighted by molar-refractivity contribution is -0.100. The lowest BCUT2D eigenvalue weighted by Gasteiger charge is -2.43. The van der Waals surface area contributed by atoms with Crippen LogP contribution in [0.3, 0.4) is 0 Å². The van der Waals surface area contributed by atoms with Crippen molar-refractivity contribution in [2.45, 2.75) is 50.5 Å². The van der Waals surface area contributed by atoms with Crippen molar-refractivity contribution in [1.29, 1.82) is 0 Å². The van der Waals surface area contributed by atoms with Crippen LogP contribution in [0.1, 0.15) is 45.1 Å². The lowest BCUT2D eigenvalue weighted by Crippen LogP contribution is -2.46. The number of nitrogens with one attached hydrogen (secondary N) is 1. The molecule has 2 aliphatic rings. The average Bonchev–Trinajstić information content (AvgIpc) is 2.74. The van der Waals surface area contributed by atoms with Gasteiger partial charge >= 0.3 is 0 Å². The minimum atomic E-state index is 0.109. The molecule has 0 saturated carbocycles. The Morgan fingerprint density at radius 1 is 1.28 bits per heavy atom. The van der Waals surface area contributed by atoms with Gasteiger partial charge in [0.25, 0.3) is 0 Å². The molecule has 98 valence electrons. The van der Waals surface area contributed by atoms with E-state index in [1.54, 1.807) is 0 Å². The highest BCUT2D eigenvalue weighted by Crippen LogP contribution is 2.46. The van der Waals surface area contributed by atoms with Crippen LogP contribution < -0.4 is 5.32 Å². The van der Waals surface area contributed by atoms with Crippen molar-refractivity contribution in [1.82, 2.24) is 0 Å². The minimum Gasteiger partial charge on any atom is -0.384 e. The van der Waals surface area contributed by atoms with E-state index in [0.717, 1.165) is 13.2 Å². The summed E-state index contributed by atoms with van der Waals surface area (Å²) in [4.78, 5) is 0. The van der Waals surface area contributed by atoms with E-state index in [0.29, 0.717) is 0 Å². The predicted octanol–water partition coefficient (Wildman–Crippen LogP) is 3.72. The van der Waals surface area contributed by atoms with Gasteiger partial charge in [-0.2, -0.15) is 0 Å². The molecular weight excluding hydrogens is 222 g/mol. The number of fused-ring (bicyclic) bond motifs is 2. The lowest BCUT2D eigenvalue weighted by atomic mass is 9.73. The zero-order chi connectivity index (χ0) is 12.6. The van der Waals surface area contributed by atoms with Crippen molar-refractivity contribution in [3.05, 3.63) is 29.8 Å².